The number of anilines is 1. The number of carbonyl (C=O) groups excluding carboxylic acids is 2. The Labute approximate surface area is 160 Å². The van der Waals surface area contributed by atoms with Crippen LogP contribution in [0.2, 0.25) is 0 Å². The van der Waals surface area contributed by atoms with Crippen LogP contribution in [0.25, 0.3) is 15.9 Å². The van der Waals surface area contributed by atoms with Crippen molar-refractivity contribution in [1.82, 2.24) is 25.2 Å². The minimum atomic E-state index is -0.648. The van der Waals surface area contributed by atoms with Gasteiger partial charge in [0.05, 0.1) is 21.5 Å². The molecule has 0 saturated heterocycles. The Bertz CT molecular complexity index is 1140. The summed E-state index contributed by atoms with van der Waals surface area (Å²) in [6.45, 7) is -0.474. The number of ether oxygens (including phenoxy) is 1. The number of aromatic nitrogens is 5. The first-order chi connectivity index (χ1) is 13.6. The van der Waals surface area contributed by atoms with Crippen LogP contribution in [0.1, 0.15) is 10.4 Å². The van der Waals surface area contributed by atoms with Gasteiger partial charge >= 0.3 is 5.97 Å². The van der Waals surface area contributed by atoms with Crippen molar-refractivity contribution in [3.05, 3.63) is 60.2 Å². The van der Waals surface area contributed by atoms with Crippen molar-refractivity contribution in [3.63, 3.8) is 0 Å². The predicted molar refractivity (Wildman–Crippen MR) is 97.6 cm³/mol. The van der Waals surface area contributed by atoms with Gasteiger partial charge in [0.15, 0.2) is 11.7 Å². The van der Waals surface area contributed by atoms with Crippen molar-refractivity contribution in [2.24, 2.45) is 0 Å². The highest BCUT2D eigenvalue weighted by Gasteiger charge is 2.13. The van der Waals surface area contributed by atoms with E-state index >= 15 is 0 Å². The molecule has 0 spiro atoms. The molecule has 0 fully saturated rings. The lowest BCUT2D eigenvalue weighted by Crippen LogP contribution is -2.20. The van der Waals surface area contributed by atoms with Crippen LogP contribution in [0.15, 0.2) is 48.8 Å². The van der Waals surface area contributed by atoms with Gasteiger partial charge in [0, 0.05) is 0 Å². The van der Waals surface area contributed by atoms with Crippen molar-refractivity contribution >= 4 is 38.6 Å². The number of nitrogens with one attached hydrogen (secondary N) is 1. The van der Waals surface area contributed by atoms with Crippen molar-refractivity contribution in [3.8, 4) is 5.69 Å². The molecule has 1 amide bonds. The zero-order chi connectivity index (χ0) is 19.5. The van der Waals surface area contributed by atoms with E-state index in [9.17, 15) is 14.0 Å². The van der Waals surface area contributed by atoms with E-state index in [0.717, 1.165) is 11.3 Å². The lowest BCUT2D eigenvalue weighted by molar-refractivity contribution is -0.119. The highest BCUT2D eigenvalue weighted by Crippen LogP contribution is 2.26. The number of esters is 1. The maximum Gasteiger partial charge on any atom is 0.338 e. The molecule has 140 valence electrons. The number of hydrogen-bond acceptors (Lipinski definition) is 8. The van der Waals surface area contributed by atoms with Crippen LogP contribution in [0, 0.1) is 5.82 Å². The van der Waals surface area contributed by atoms with Gasteiger partial charge in [-0.2, -0.15) is 0 Å². The van der Waals surface area contributed by atoms with Gasteiger partial charge in [-0.3, -0.25) is 10.1 Å². The molecule has 0 saturated carbocycles. The fourth-order valence-electron chi connectivity index (χ4n) is 2.35. The van der Waals surface area contributed by atoms with Crippen molar-refractivity contribution < 1.29 is 18.7 Å². The van der Waals surface area contributed by atoms with Crippen molar-refractivity contribution in [2.75, 3.05) is 11.9 Å². The maximum absolute atomic E-state index is 13.2. The fraction of sp³-hybridized carbons (Fsp3) is 0.0588. The molecule has 28 heavy (non-hydrogen) atoms. The number of nitrogens with zero attached hydrogens (tertiary/aromatic N) is 5. The quantitative estimate of drug-likeness (QED) is 0.513. The summed E-state index contributed by atoms with van der Waals surface area (Å²) in [4.78, 5) is 28.2. The van der Waals surface area contributed by atoms with Crippen LogP contribution < -0.4 is 5.32 Å². The van der Waals surface area contributed by atoms with Crippen molar-refractivity contribution in [2.45, 2.75) is 0 Å². The van der Waals surface area contributed by atoms with Gasteiger partial charge in [-0.15, -0.1) is 5.10 Å². The first kappa shape index (κ1) is 17.7. The summed E-state index contributed by atoms with van der Waals surface area (Å²) in [6.07, 6.45) is 1.42. The van der Waals surface area contributed by atoms with Crippen molar-refractivity contribution in [1.29, 1.82) is 0 Å². The summed E-state index contributed by atoms with van der Waals surface area (Å²) < 4.78 is 20.3. The molecular weight excluding hydrogens is 387 g/mol. The Morgan fingerprint density at radius 3 is 2.75 bits per heavy atom. The second-order valence-electron chi connectivity index (χ2n) is 5.56. The normalized spacial score (nSPS) is 10.8. The number of hydrogen-bond donors (Lipinski definition) is 1. The van der Waals surface area contributed by atoms with Crippen LogP contribution in [0.5, 0.6) is 0 Å². The Balaban J connectivity index is 1.34. The standard InChI is InChI=1S/C17H11FN6O3S/c18-11-3-6-13-14(7-11)28-17(20-13)21-15(25)8-27-16(26)10-1-4-12(5-2-10)24-9-19-22-23-24/h1-7,9H,8H2,(H,20,21,25). The Morgan fingerprint density at radius 2 is 2.00 bits per heavy atom. The van der Waals surface area contributed by atoms with Gasteiger partial charge in [0.25, 0.3) is 5.91 Å². The van der Waals surface area contributed by atoms with Crippen LogP contribution in [-0.2, 0) is 9.53 Å². The SMILES string of the molecule is O=C(COC(=O)c1ccc(-n2cnnn2)cc1)Nc1nc2ccc(F)cc2s1. The van der Waals surface area contributed by atoms with E-state index in [1.54, 1.807) is 24.3 Å². The number of fused-ring (bicyclic) bond motifs is 1. The summed E-state index contributed by atoms with van der Waals surface area (Å²) in [5.41, 5.74) is 1.52. The van der Waals surface area contributed by atoms with E-state index in [1.807, 2.05) is 0 Å². The number of benzene rings is 2. The highest BCUT2D eigenvalue weighted by molar-refractivity contribution is 7.22. The molecule has 2 heterocycles. The fourth-order valence-corrected chi connectivity index (χ4v) is 3.26. The molecule has 0 aliphatic rings. The number of carbonyl (C=O) groups is 2. The summed E-state index contributed by atoms with van der Waals surface area (Å²) in [5.74, 6) is -1.57. The molecule has 4 aromatic rings. The molecule has 11 heteroatoms. The third-order valence-electron chi connectivity index (χ3n) is 3.65. The lowest BCUT2D eigenvalue weighted by atomic mass is 10.2. The maximum atomic E-state index is 13.2. The average Bonchev–Trinajstić information content (AvgIpc) is 3.35. The van der Waals surface area contributed by atoms with Gasteiger partial charge in [0.2, 0.25) is 0 Å². The minimum absolute atomic E-state index is 0.278. The lowest BCUT2D eigenvalue weighted by Gasteiger charge is -2.05. The number of rotatable bonds is 5. The summed E-state index contributed by atoms with van der Waals surface area (Å²) in [6, 6.07) is 10.5. The first-order valence-corrected chi connectivity index (χ1v) is 8.76. The average molecular weight is 398 g/mol. The third kappa shape index (κ3) is 3.83. The molecule has 2 aromatic heterocycles. The molecule has 1 N–H and O–H groups in total. The van der Waals surface area contributed by atoms with Crippen LogP contribution in [0.3, 0.4) is 0 Å². The molecular formula is C17H11FN6O3S. The van der Waals surface area contributed by atoms with Crippen LogP contribution in [-0.4, -0.2) is 43.7 Å². The molecule has 0 unspecified atom stereocenters. The van der Waals surface area contributed by atoms with E-state index < -0.39 is 18.5 Å². The Kier molecular flexibility index (Phi) is 4.72. The molecule has 9 nitrogen and oxygen atoms in total. The Morgan fingerprint density at radius 1 is 1.18 bits per heavy atom. The minimum Gasteiger partial charge on any atom is -0.452 e. The van der Waals surface area contributed by atoms with Gasteiger partial charge < -0.3 is 4.74 Å². The molecule has 0 atom stereocenters. The molecule has 4 rings (SSSR count). The molecule has 0 aliphatic carbocycles. The highest BCUT2D eigenvalue weighted by atomic mass is 32.1. The van der Waals surface area contributed by atoms with Crippen LogP contribution >= 0.6 is 11.3 Å². The molecule has 0 radical (unpaired) electrons. The monoisotopic (exact) mass is 398 g/mol. The third-order valence-corrected chi connectivity index (χ3v) is 4.58. The first-order valence-electron chi connectivity index (χ1n) is 7.95. The van der Waals surface area contributed by atoms with E-state index in [2.05, 4.69) is 25.8 Å². The predicted octanol–water partition coefficient (Wildman–Crippen LogP) is 2.21. The summed E-state index contributed by atoms with van der Waals surface area (Å²) in [5, 5.41) is 13.6. The van der Waals surface area contributed by atoms with E-state index in [1.165, 1.54) is 29.2 Å². The number of tetrazole rings is 1. The topological polar surface area (TPSA) is 112 Å². The van der Waals surface area contributed by atoms with Gasteiger partial charge in [-0.1, -0.05) is 11.3 Å². The molecule has 2 aromatic carbocycles. The largest absolute Gasteiger partial charge is 0.452 e. The second-order valence-corrected chi connectivity index (χ2v) is 6.59. The van der Waals surface area contributed by atoms with Crippen LogP contribution in [0.4, 0.5) is 9.52 Å². The number of amides is 1. The Hall–Kier alpha value is -3.73. The zero-order valence-corrected chi connectivity index (χ0v) is 14.9. The van der Waals surface area contributed by atoms with E-state index in [4.69, 9.17) is 4.74 Å². The van der Waals surface area contributed by atoms with Gasteiger partial charge in [0.1, 0.15) is 12.1 Å². The number of thiazole rings is 1. The van der Waals surface area contributed by atoms with Gasteiger partial charge in [-0.05, 0) is 52.9 Å². The van der Waals surface area contributed by atoms with Gasteiger partial charge in [-0.25, -0.2) is 18.9 Å². The van der Waals surface area contributed by atoms with E-state index in [0.29, 0.717) is 21.0 Å². The summed E-state index contributed by atoms with van der Waals surface area (Å²) in [7, 11) is 0. The van der Waals surface area contributed by atoms with E-state index in [-0.39, 0.29) is 11.4 Å². The summed E-state index contributed by atoms with van der Waals surface area (Å²) >= 11 is 1.13. The molecule has 0 aliphatic heterocycles. The smallest absolute Gasteiger partial charge is 0.338 e. The molecule has 0 bridgehead atoms. The second kappa shape index (κ2) is 7.48. The number of halogens is 1. The zero-order valence-electron chi connectivity index (χ0n) is 14.1.